The van der Waals surface area contributed by atoms with Gasteiger partial charge in [-0.05, 0) is 57.0 Å². The molecule has 1 aliphatic carbocycles. The molecule has 0 aromatic carbocycles. The molecule has 2 unspecified atom stereocenters. The van der Waals surface area contributed by atoms with Crippen molar-refractivity contribution in [2.75, 3.05) is 13.1 Å². The summed E-state index contributed by atoms with van der Waals surface area (Å²) in [7, 11) is 0. The molecule has 1 saturated carbocycles. The molecule has 0 aromatic heterocycles. The smallest absolute Gasteiger partial charge is 0.0687 e. The number of hydrogen-bond acceptors (Lipinski definition) is 2. The van der Waals surface area contributed by atoms with E-state index < -0.39 is 0 Å². The molecule has 20 heavy (non-hydrogen) atoms. The van der Waals surface area contributed by atoms with Crippen molar-refractivity contribution < 1.29 is 4.74 Å². The lowest BCUT2D eigenvalue weighted by Gasteiger charge is -2.34. The van der Waals surface area contributed by atoms with Crippen molar-refractivity contribution in [1.29, 1.82) is 0 Å². The van der Waals surface area contributed by atoms with Gasteiger partial charge in [0, 0.05) is 0 Å². The summed E-state index contributed by atoms with van der Waals surface area (Å²) >= 11 is 0. The van der Waals surface area contributed by atoms with Crippen LogP contribution in [-0.2, 0) is 4.74 Å². The van der Waals surface area contributed by atoms with Gasteiger partial charge in [-0.1, -0.05) is 46.5 Å². The molecule has 2 atom stereocenters. The summed E-state index contributed by atoms with van der Waals surface area (Å²) in [6.45, 7) is 9.20. The van der Waals surface area contributed by atoms with Crippen molar-refractivity contribution in [3.8, 4) is 0 Å². The van der Waals surface area contributed by atoms with E-state index in [-0.39, 0.29) is 0 Å². The Hall–Kier alpha value is -0.0800. The second-order valence-electron chi connectivity index (χ2n) is 7.58. The molecule has 2 fully saturated rings. The van der Waals surface area contributed by atoms with Crippen molar-refractivity contribution in [1.82, 2.24) is 5.32 Å². The van der Waals surface area contributed by atoms with E-state index in [4.69, 9.17) is 4.74 Å². The summed E-state index contributed by atoms with van der Waals surface area (Å²) in [5.41, 5.74) is 0.298. The van der Waals surface area contributed by atoms with Gasteiger partial charge < -0.3 is 10.1 Å². The number of rotatable bonds is 7. The minimum absolute atomic E-state index is 0.298. The van der Waals surface area contributed by atoms with E-state index in [0.717, 1.165) is 18.4 Å². The van der Waals surface area contributed by atoms with Crippen molar-refractivity contribution in [3.63, 3.8) is 0 Å². The Balaban J connectivity index is 1.72. The van der Waals surface area contributed by atoms with Crippen LogP contribution in [0.4, 0.5) is 0 Å². The van der Waals surface area contributed by atoms with Crippen molar-refractivity contribution >= 4 is 0 Å². The van der Waals surface area contributed by atoms with E-state index in [1.54, 1.807) is 0 Å². The van der Waals surface area contributed by atoms with E-state index in [1.807, 2.05) is 0 Å². The Labute approximate surface area is 126 Å². The standard InChI is InChI=1S/C18H35NO/c1-4-16(14-19-13-15(2)3)12-17-8-11-18(20-17)9-6-5-7-10-18/h15-17,19H,4-14H2,1-3H3. The zero-order valence-corrected chi connectivity index (χ0v) is 13.9. The van der Waals surface area contributed by atoms with Gasteiger partial charge in [-0.3, -0.25) is 0 Å². The molecule has 2 aliphatic rings. The highest BCUT2D eigenvalue weighted by Gasteiger charge is 2.40. The fraction of sp³-hybridized carbons (Fsp3) is 1.00. The summed E-state index contributed by atoms with van der Waals surface area (Å²) in [6, 6.07) is 0. The lowest BCUT2D eigenvalue weighted by molar-refractivity contribution is -0.0698. The van der Waals surface area contributed by atoms with Crippen LogP contribution in [0.3, 0.4) is 0 Å². The van der Waals surface area contributed by atoms with E-state index in [2.05, 4.69) is 26.1 Å². The Bertz CT molecular complexity index is 271. The van der Waals surface area contributed by atoms with Crippen molar-refractivity contribution in [2.45, 2.75) is 90.3 Å². The third kappa shape index (κ3) is 4.73. The van der Waals surface area contributed by atoms with E-state index in [9.17, 15) is 0 Å². The summed E-state index contributed by atoms with van der Waals surface area (Å²) in [5, 5.41) is 3.63. The Kier molecular flexibility index (Phi) is 6.35. The van der Waals surface area contributed by atoms with Crippen LogP contribution in [0.1, 0.15) is 78.6 Å². The van der Waals surface area contributed by atoms with Crippen LogP contribution in [0.25, 0.3) is 0 Å². The van der Waals surface area contributed by atoms with Gasteiger partial charge in [0.05, 0.1) is 11.7 Å². The minimum atomic E-state index is 0.298. The van der Waals surface area contributed by atoms with Gasteiger partial charge in [0.25, 0.3) is 0 Å². The summed E-state index contributed by atoms with van der Waals surface area (Å²) < 4.78 is 6.52. The third-order valence-corrected chi connectivity index (χ3v) is 5.26. The van der Waals surface area contributed by atoms with Gasteiger partial charge in [0.1, 0.15) is 0 Å². The van der Waals surface area contributed by atoms with Crippen LogP contribution in [0.5, 0.6) is 0 Å². The highest BCUT2D eigenvalue weighted by Crippen LogP contribution is 2.43. The molecule has 2 nitrogen and oxygen atoms in total. The molecular formula is C18H35NO. The number of ether oxygens (including phenoxy) is 1. The minimum Gasteiger partial charge on any atom is -0.372 e. The van der Waals surface area contributed by atoms with E-state index in [1.165, 1.54) is 64.3 Å². The monoisotopic (exact) mass is 281 g/mol. The highest BCUT2D eigenvalue weighted by atomic mass is 16.5. The molecule has 1 aliphatic heterocycles. The molecule has 118 valence electrons. The molecule has 0 amide bonds. The van der Waals surface area contributed by atoms with E-state index >= 15 is 0 Å². The van der Waals surface area contributed by atoms with Gasteiger partial charge in [-0.2, -0.15) is 0 Å². The SMILES string of the molecule is CCC(CNCC(C)C)CC1CCC2(CCCCC2)O1. The van der Waals surface area contributed by atoms with Crippen LogP contribution >= 0.6 is 0 Å². The molecular weight excluding hydrogens is 246 g/mol. The first-order valence-corrected chi connectivity index (χ1v) is 9.02. The molecule has 1 spiro atoms. The molecule has 0 aromatic rings. The van der Waals surface area contributed by atoms with Crippen LogP contribution < -0.4 is 5.32 Å². The Morgan fingerprint density at radius 1 is 1.10 bits per heavy atom. The topological polar surface area (TPSA) is 21.3 Å². The van der Waals surface area contributed by atoms with Crippen molar-refractivity contribution in [3.05, 3.63) is 0 Å². The summed E-state index contributed by atoms with van der Waals surface area (Å²) in [4.78, 5) is 0. The second-order valence-corrected chi connectivity index (χ2v) is 7.58. The highest BCUT2D eigenvalue weighted by molar-refractivity contribution is 4.91. The van der Waals surface area contributed by atoms with Crippen molar-refractivity contribution in [2.24, 2.45) is 11.8 Å². The zero-order valence-electron chi connectivity index (χ0n) is 13.9. The molecule has 0 radical (unpaired) electrons. The Morgan fingerprint density at radius 2 is 1.85 bits per heavy atom. The quantitative estimate of drug-likeness (QED) is 0.740. The molecule has 2 rings (SSSR count). The predicted octanol–water partition coefficient (Wildman–Crippen LogP) is 4.53. The molecule has 2 heteroatoms. The number of nitrogens with one attached hydrogen (secondary N) is 1. The fourth-order valence-electron chi connectivity index (χ4n) is 3.97. The van der Waals surface area contributed by atoms with Crippen LogP contribution in [-0.4, -0.2) is 24.8 Å². The maximum absolute atomic E-state index is 6.52. The fourth-order valence-corrected chi connectivity index (χ4v) is 3.97. The first-order valence-electron chi connectivity index (χ1n) is 9.02. The Morgan fingerprint density at radius 3 is 2.50 bits per heavy atom. The lowest BCUT2D eigenvalue weighted by Crippen LogP contribution is -2.33. The number of hydrogen-bond donors (Lipinski definition) is 1. The molecule has 1 N–H and O–H groups in total. The van der Waals surface area contributed by atoms with Crippen LogP contribution in [0, 0.1) is 11.8 Å². The molecule has 0 bridgehead atoms. The summed E-state index contributed by atoms with van der Waals surface area (Å²) in [6.07, 6.45) is 12.6. The molecule has 1 heterocycles. The first-order chi connectivity index (χ1) is 9.63. The normalized spacial score (nSPS) is 27.3. The van der Waals surface area contributed by atoms with Crippen LogP contribution in [0.2, 0.25) is 0 Å². The predicted molar refractivity (Wildman–Crippen MR) is 86.0 cm³/mol. The maximum Gasteiger partial charge on any atom is 0.0687 e. The maximum atomic E-state index is 6.52. The van der Waals surface area contributed by atoms with Gasteiger partial charge in [-0.15, -0.1) is 0 Å². The second kappa shape index (κ2) is 7.79. The van der Waals surface area contributed by atoms with Gasteiger partial charge in [-0.25, -0.2) is 0 Å². The average molecular weight is 281 g/mol. The first kappa shape index (κ1) is 16.3. The average Bonchev–Trinajstić information content (AvgIpc) is 2.80. The van der Waals surface area contributed by atoms with Crippen LogP contribution in [0.15, 0.2) is 0 Å². The largest absolute Gasteiger partial charge is 0.372 e. The summed E-state index contributed by atoms with van der Waals surface area (Å²) in [5.74, 6) is 1.54. The molecule has 1 saturated heterocycles. The van der Waals surface area contributed by atoms with Gasteiger partial charge in [0.15, 0.2) is 0 Å². The lowest BCUT2D eigenvalue weighted by atomic mass is 9.83. The third-order valence-electron chi connectivity index (χ3n) is 5.26. The zero-order chi connectivity index (χ0) is 14.4. The van der Waals surface area contributed by atoms with Gasteiger partial charge >= 0.3 is 0 Å². The van der Waals surface area contributed by atoms with E-state index in [0.29, 0.717) is 11.7 Å². The van der Waals surface area contributed by atoms with Gasteiger partial charge in [0.2, 0.25) is 0 Å².